The van der Waals surface area contributed by atoms with E-state index < -0.39 is 0 Å². The van der Waals surface area contributed by atoms with Crippen LogP contribution in [0, 0.1) is 0 Å². The quantitative estimate of drug-likeness (QED) is 0.493. The van der Waals surface area contributed by atoms with Crippen molar-refractivity contribution >= 4 is 23.2 Å². The molecule has 0 fully saturated rings. The molecular weight excluding hydrogens is 207 g/mol. The van der Waals surface area contributed by atoms with Gasteiger partial charge in [0, 0.05) is 13.6 Å². The SMILES string of the molecule is CN1C=CC2=C(C1)C(Cl)NC(Cl)=C2. The standard InChI is InChI=1S/C9H10Cl2N2/c1-13-3-2-6-4-8(10)12-9(11)7(6)5-13/h2-4,9,12H,5H2,1H3. The van der Waals surface area contributed by atoms with Gasteiger partial charge in [-0.25, -0.2) is 0 Å². The van der Waals surface area contributed by atoms with E-state index in [4.69, 9.17) is 23.2 Å². The number of allylic oxidation sites excluding steroid dienone is 3. The molecular formula is C9H10Cl2N2. The minimum absolute atomic E-state index is 0.181. The minimum atomic E-state index is -0.181. The number of halogens is 2. The van der Waals surface area contributed by atoms with Gasteiger partial charge < -0.3 is 10.2 Å². The molecule has 2 rings (SSSR count). The Bertz CT molecular complexity index is 318. The average molecular weight is 217 g/mol. The molecule has 0 aromatic heterocycles. The maximum Gasteiger partial charge on any atom is 0.126 e. The number of rotatable bonds is 0. The van der Waals surface area contributed by atoms with Crippen LogP contribution in [-0.2, 0) is 0 Å². The lowest BCUT2D eigenvalue weighted by Crippen LogP contribution is -2.33. The van der Waals surface area contributed by atoms with E-state index >= 15 is 0 Å². The molecule has 2 heterocycles. The second-order valence-electron chi connectivity index (χ2n) is 3.21. The monoisotopic (exact) mass is 216 g/mol. The molecule has 0 radical (unpaired) electrons. The normalized spacial score (nSPS) is 26.8. The van der Waals surface area contributed by atoms with Crippen molar-refractivity contribution in [2.24, 2.45) is 0 Å². The molecule has 1 atom stereocenters. The number of hydrogen-bond acceptors (Lipinski definition) is 2. The van der Waals surface area contributed by atoms with E-state index in [0.717, 1.165) is 12.1 Å². The van der Waals surface area contributed by atoms with Crippen molar-refractivity contribution < 1.29 is 0 Å². The molecule has 1 N–H and O–H groups in total. The van der Waals surface area contributed by atoms with Gasteiger partial charge in [0.15, 0.2) is 0 Å². The number of nitrogens with zero attached hydrogens (tertiary/aromatic N) is 1. The van der Waals surface area contributed by atoms with E-state index in [1.807, 2.05) is 25.4 Å². The number of dihydropyridines is 1. The van der Waals surface area contributed by atoms with Crippen LogP contribution in [0.4, 0.5) is 0 Å². The molecule has 4 heteroatoms. The third kappa shape index (κ3) is 1.69. The third-order valence-corrected chi connectivity index (χ3v) is 2.74. The lowest BCUT2D eigenvalue weighted by Gasteiger charge is -2.29. The topological polar surface area (TPSA) is 15.3 Å². The molecule has 0 bridgehead atoms. The van der Waals surface area contributed by atoms with Crippen molar-refractivity contribution in [3.8, 4) is 0 Å². The Morgan fingerprint density at radius 1 is 1.62 bits per heavy atom. The first kappa shape index (κ1) is 8.97. The van der Waals surface area contributed by atoms with Crippen LogP contribution in [0.25, 0.3) is 0 Å². The van der Waals surface area contributed by atoms with Gasteiger partial charge in [-0.15, -0.1) is 0 Å². The van der Waals surface area contributed by atoms with Gasteiger partial charge in [-0.05, 0) is 29.5 Å². The fourth-order valence-corrected chi connectivity index (χ4v) is 2.08. The summed E-state index contributed by atoms with van der Waals surface area (Å²) in [5.74, 6) is 0. The molecule has 0 saturated heterocycles. The fraction of sp³-hybridized carbons (Fsp3) is 0.333. The van der Waals surface area contributed by atoms with Gasteiger partial charge >= 0.3 is 0 Å². The number of hydrogen-bond donors (Lipinski definition) is 1. The van der Waals surface area contributed by atoms with Crippen molar-refractivity contribution in [2.75, 3.05) is 13.6 Å². The Balaban J connectivity index is 2.35. The summed E-state index contributed by atoms with van der Waals surface area (Å²) in [4.78, 5) is 2.09. The Morgan fingerprint density at radius 3 is 3.15 bits per heavy atom. The van der Waals surface area contributed by atoms with E-state index in [2.05, 4.69) is 10.2 Å². The van der Waals surface area contributed by atoms with Crippen LogP contribution in [0.5, 0.6) is 0 Å². The summed E-state index contributed by atoms with van der Waals surface area (Å²) >= 11 is 11.9. The van der Waals surface area contributed by atoms with Crippen LogP contribution in [0.3, 0.4) is 0 Å². The maximum absolute atomic E-state index is 6.10. The van der Waals surface area contributed by atoms with Crippen LogP contribution in [0.15, 0.2) is 34.7 Å². The van der Waals surface area contributed by atoms with Crippen molar-refractivity contribution in [3.05, 3.63) is 34.7 Å². The highest BCUT2D eigenvalue weighted by atomic mass is 35.5. The van der Waals surface area contributed by atoms with E-state index in [1.165, 1.54) is 5.57 Å². The predicted octanol–water partition coefficient (Wildman–Crippen LogP) is 1.99. The van der Waals surface area contributed by atoms with Crippen LogP contribution in [0.2, 0.25) is 0 Å². The Kier molecular flexibility index (Phi) is 2.26. The zero-order valence-corrected chi connectivity index (χ0v) is 8.73. The van der Waals surface area contributed by atoms with Crippen molar-refractivity contribution in [3.63, 3.8) is 0 Å². The number of likely N-dealkylation sites (N-methyl/N-ethyl adjacent to an activating group) is 1. The van der Waals surface area contributed by atoms with E-state index in [9.17, 15) is 0 Å². The van der Waals surface area contributed by atoms with Crippen molar-refractivity contribution in [1.82, 2.24) is 10.2 Å². The first-order valence-electron chi connectivity index (χ1n) is 4.06. The maximum atomic E-state index is 6.10. The van der Waals surface area contributed by atoms with Crippen LogP contribution in [0.1, 0.15) is 0 Å². The lowest BCUT2D eigenvalue weighted by molar-refractivity contribution is 0.476. The number of nitrogens with one attached hydrogen (secondary N) is 1. The summed E-state index contributed by atoms with van der Waals surface area (Å²) in [6.07, 6.45) is 5.95. The van der Waals surface area contributed by atoms with Gasteiger partial charge in [0.1, 0.15) is 10.7 Å². The van der Waals surface area contributed by atoms with Crippen LogP contribution >= 0.6 is 23.2 Å². The molecule has 2 nitrogen and oxygen atoms in total. The Morgan fingerprint density at radius 2 is 2.38 bits per heavy atom. The zero-order chi connectivity index (χ0) is 9.42. The second-order valence-corrected chi connectivity index (χ2v) is 4.05. The van der Waals surface area contributed by atoms with Gasteiger partial charge in [-0.1, -0.05) is 23.2 Å². The smallest absolute Gasteiger partial charge is 0.126 e. The minimum Gasteiger partial charge on any atom is -0.376 e. The highest BCUT2D eigenvalue weighted by Gasteiger charge is 2.21. The van der Waals surface area contributed by atoms with Crippen LogP contribution in [-0.4, -0.2) is 24.0 Å². The van der Waals surface area contributed by atoms with Crippen molar-refractivity contribution in [2.45, 2.75) is 5.50 Å². The van der Waals surface area contributed by atoms with Gasteiger partial charge in [-0.3, -0.25) is 0 Å². The molecule has 0 aromatic carbocycles. The zero-order valence-electron chi connectivity index (χ0n) is 7.22. The lowest BCUT2D eigenvalue weighted by atomic mass is 10.0. The summed E-state index contributed by atoms with van der Waals surface area (Å²) in [7, 11) is 2.02. The van der Waals surface area contributed by atoms with Gasteiger partial charge in [-0.2, -0.15) is 0 Å². The van der Waals surface area contributed by atoms with Gasteiger partial charge in [0.2, 0.25) is 0 Å². The molecule has 2 aliphatic heterocycles. The molecule has 0 spiro atoms. The molecule has 2 aliphatic rings. The second kappa shape index (κ2) is 3.28. The summed E-state index contributed by atoms with van der Waals surface area (Å²) in [6.45, 7) is 0.855. The summed E-state index contributed by atoms with van der Waals surface area (Å²) < 4.78 is 0. The average Bonchev–Trinajstić information content (AvgIpc) is 2.06. The number of alkyl halides is 1. The van der Waals surface area contributed by atoms with Crippen LogP contribution < -0.4 is 5.32 Å². The molecule has 0 aromatic rings. The first-order valence-corrected chi connectivity index (χ1v) is 4.87. The Labute approximate surface area is 87.5 Å². The van der Waals surface area contributed by atoms with E-state index in [1.54, 1.807) is 0 Å². The summed E-state index contributed by atoms with van der Waals surface area (Å²) in [5.41, 5.74) is 2.12. The largest absolute Gasteiger partial charge is 0.376 e. The molecule has 70 valence electrons. The fourth-order valence-electron chi connectivity index (χ4n) is 1.48. The van der Waals surface area contributed by atoms with E-state index in [0.29, 0.717) is 5.16 Å². The molecule has 1 unspecified atom stereocenters. The summed E-state index contributed by atoms with van der Waals surface area (Å²) in [5, 5.41) is 3.58. The summed E-state index contributed by atoms with van der Waals surface area (Å²) in [6, 6.07) is 0. The van der Waals surface area contributed by atoms with Gasteiger partial charge in [0.05, 0.1) is 0 Å². The highest BCUT2D eigenvalue weighted by molar-refractivity contribution is 6.31. The Hall–Kier alpha value is -0.600. The molecule has 0 aliphatic carbocycles. The molecule has 0 saturated carbocycles. The predicted molar refractivity (Wildman–Crippen MR) is 55.5 cm³/mol. The van der Waals surface area contributed by atoms with Crippen molar-refractivity contribution in [1.29, 1.82) is 0 Å². The molecule has 0 amide bonds. The van der Waals surface area contributed by atoms with E-state index in [-0.39, 0.29) is 5.50 Å². The third-order valence-electron chi connectivity index (χ3n) is 2.15. The first-order chi connectivity index (χ1) is 6.16. The molecule has 13 heavy (non-hydrogen) atoms. The van der Waals surface area contributed by atoms with Gasteiger partial charge in [0.25, 0.3) is 0 Å². The highest BCUT2D eigenvalue weighted by Crippen LogP contribution is 2.26.